The second-order valence-corrected chi connectivity index (χ2v) is 20.3. The van der Waals surface area contributed by atoms with Gasteiger partial charge in [0, 0.05) is 0 Å². The van der Waals surface area contributed by atoms with E-state index >= 15 is 0 Å². The molecule has 7 aliphatic rings. The number of hydrogen-bond donors (Lipinski definition) is 9. The lowest BCUT2D eigenvalue weighted by molar-refractivity contribution is -0.356. The van der Waals surface area contributed by atoms with Crippen LogP contribution >= 0.6 is 0 Å². The molecule has 2 heterocycles. The van der Waals surface area contributed by atoms with Gasteiger partial charge in [0.1, 0.15) is 36.6 Å². The van der Waals surface area contributed by atoms with Gasteiger partial charge in [-0.2, -0.15) is 0 Å². The summed E-state index contributed by atoms with van der Waals surface area (Å²) in [6.07, 6.45) is -6.14. The molecule has 13 nitrogen and oxygen atoms in total. The Morgan fingerprint density at radius 3 is 2.04 bits per heavy atom. The van der Waals surface area contributed by atoms with Crippen LogP contribution in [0.2, 0.25) is 0 Å². The summed E-state index contributed by atoms with van der Waals surface area (Å²) in [5.74, 6) is 0.384. The van der Waals surface area contributed by atoms with E-state index in [4.69, 9.17) is 18.9 Å². The molecule has 0 bridgehead atoms. The first kappa shape index (κ1) is 40.7. The number of aliphatic hydroxyl groups excluding tert-OH is 8. The van der Waals surface area contributed by atoms with Crippen LogP contribution in [0.5, 0.6) is 0 Å². The second kappa shape index (κ2) is 13.5. The lowest BCUT2D eigenvalue weighted by atomic mass is 9.41. The molecular formula is C40H68O13. The maximum atomic E-state index is 12.3. The highest BCUT2D eigenvalue weighted by atomic mass is 16.7. The summed E-state index contributed by atoms with van der Waals surface area (Å²) in [5, 5.41) is 97.2. The topological polar surface area (TPSA) is 219 Å². The van der Waals surface area contributed by atoms with Crippen molar-refractivity contribution in [3.8, 4) is 0 Å². The van der Waals surface area contributed by atoms with Gasteiger partial charge in [0.25, 0.3) is 0 Å². The third-order valence-corrected chi connectivity index (χ3v) is 16.9. The lowest BCUT2D eigenvalue weighted by Crippen LogP contribution is -2.63. The summed E-state index contributed by atoms with van der Waals surface area (Å²) in [7, 11) is 0. The SMILES string of the molecule is C[C@@H](CC[C@H](O)C(C)(C)O)[C@@H]1[C@H](O)C[C@]2(C)[C@H]3C[C@@H](O)[C@@H]4C(C)(C)[C@H](O[C@H]5OC[C@H](O)[C@@H](O)[C@@H]5O[C@H]5OC[C@@H](O)[C@@H](O)[C@@H]5O)CC[C@]45C[C@]35CC[C@@]12C. The first-order valence-corrected chi connectivity index (χ1v) is 20.3. The predicted octanol–water partition coefficient (Wildman–Crippen LogP) is 1.20. The zero-order valence-electron chi connectivity index (χ0n) is 32.7. The fraction of sp³-hybridized carbons (Fsp3) is 1.00. The Hall–Kier alpha value is -0.520. The zero-order chi connectivity index (χ0) is 38.8. The summed E-state index contributed by atoms with van der Waals surface area (Å²) in [6, 6.07) is 0. The molecule has 7 rings (SSSR count). The fourth-order valence-corrected chi connectivity index (χ4v) is 13.9. The number of ether oxygens (including phenoxy) is 4. The van der Waals surface area contributed by atoms with Gasteiger partial charge in [0.15, 0.2) is 12.6 Å². The monoisotopic (exact) mass is 756 g/mol. The Morgan fingerprint density at radius 1 is 0.736 bits per heavy atom. The van der Waals surface area contributed by atoms with Gasteiger partial charge >= 0.3 is 0 Å². The highest BCUT2D eigenvalue weighted by molar-refractivity contribution is 5.32. The molecule has 0 unspecified atom stereocenters. The molecule has 20 atom stereocenters. The molecule has 53 heavy (non-hydrogen) atoms. The number of fused-ring (bicyclic) bond motifs is 2. The summed E-state index contributed by atoms with van der Waals surface area (Å²) in [6.45, 7) is 14.0. The van der Waals surface area contributed by atoms with Crippen molar-refractivity contribution in [1.82, 2.24) is 0 Å². The van der Waals surface area contributed by atoms with Crippen LogP contribution in [0, 0.1) is 50.7 Å². The van der Waals surface area contributed by atoms with Crippen LogP contribution < -0.4 is 0 Å². The largest absolute Gasteiger partial charge is 0.393 e. The van der Waals surface area contributed by atoms with Crippen molar-refractivity contribution < 1.29 is 64.9 Å². The molecule has 2 spiro atoms. The number of aliphatic hydroxyl groups is 9. The minimum atomic E-state index is -1.60. The molecule has 7 fully saturated rings. The summed E-state index contributed by atoms with van der Waals surface area (Å²) in [5.41, 5.74) is -2.05. The molecule has 2 saturated heterocycles. The molecule has 0 aromatic rings. The van der Waals surface area contributed by atoms with Crippen molar-refractivity contribution in [2.45, 2.75) is 185 Å². The first-order valence-electron chi connectivity index (χ1n) is 20.3. The van der Waals surface area contributed by atoms with E-state index in [1.54, 1.807) is 13.8 Å². The van der Waals surface area contributed by atoms with Crippen molar-refractivity contribution in [3.05, 3.63) is 0 Å². The minimum absolute atomic E-state index is 0.0511. The van der Waals surface area contributed by atoms with Gasteiger partial charge < -0.3 is 64.9 Å². The Kier molecular flexibility index (Phi) is 10.4. The van der Waals surface area contributed by atoms with Crippen LogP contribution in [-0.2, 0) is 18.9 Å². The molecule has 0 aromatic heterocycles. The van der Waals surface area contributed by atoms with Crippen LogP contribution in [0.1, 0.15) is 106 Å². The van der Waals surface area contributed by atoms with Crippen molar-refractivity contribution in [3.63, 3.8) is 0 Å². The van der Waals surface area contributed by atoms with Gasteiger partial charge in [-0.25, -0.2) is 0 Å². The molecule has 5 saturated carbocycles. The van der Waals surface area contributed by atoms with Crippen molar-refractivity contribution >= 4 is 0 Å². The highest BCUT2D eigenvalue weighted by Gasteiger charge is 2.84. The van der Waals surface area contributed by atoms with E-state index in [2.05, 4.69) is 34.6 Å². The molecule has 306 valence electrons. The minimum Gasteiger partial charge on any atom is -0.393 e. The Balaban J connectivity index is 1.09. The van der Waals surface area contributed by atoms with Crippen molar-refractivity contribution in [1.29, 1.82) is 0 Å². The molecule has 0 radical (unpaired) electrons. The van der Waals surface area contributed by atoms with E-state index in [0.717, 1.165) is 25.7 Å². The Morgan fingerprint density at radius 2 is 1.38 bits per heavy atom. The van der Waals surface area contributed by atoms with E-state index in [0.29, 0.717) is 32.1 Å². The van der Waals surface area contributed by atoms with Crippen LogP contribution in [0.25, 0.3) is 0 Å². The van der Waals surface area contributed by atoms with Crippen LogP contribution in [-0.4, -0.2) is 138 Å². The van der Waals surface area contributed by atoms with Crippen LogP contribution in [0.3, 0.4) is 0 Å². The molecule has 0 amide bonds. The maximum Gasteiger partial charge on any atom is 0.186 e. The van der Waals surface area contributed by atoms with Crippen LogP contribution in [0.4, 0.5) is 0 Å². The second-order valence-electron chi connectivity index (χ2n) is 20.3. The third kappa shape index (κ3) is 6.04. The van der Waals surface area contributed by atoms with E-state index in [-0.39, 0.29) is 58.5 Å². The third-order valence-electron chi connectivity index (χ3n) is 16.9. The molecule has 2 aliphatic heterocycles. The Bertz CT molecular complexity index is 1340. The van der Waals surface area contributed by atoms with E-state index < -0.39 is 84.6 Å². The van der Waals surface area contributed by atoms with E-state index in [1.165, 1.54) is 0 Å². The van der Waals surface area contributed by atoms with Crippen LogP contribution in [0.15, 0.2) is 0 Å². The van der Waals surface area contributed by atoms with E-state index in [1.807, 2.05) is 0 Å². The lowest BCUT2D eigenvalue weighted by Gasteiger charge is -2.64. The maximum absolute atomic E-state index is 12.3. The zero-order valence-corrected chi connectivity index (χ0v) is 32.7. The van der Waals surface area contributed by atoms with Gasteiger partial charge in [0.2, 0.25) is 0 Å². The predicted molar refractivity (Wildman–Crippen MR) is 190 cm³/mol. The summed E-state index contributed by atoms with van der Waals surface area (Å²) < 4.78 is 24.0. The van der Waals surface area contributed by atoms with Gasteiger partial charge in [-0.15, -0.1) is 0 Å². The molecule has 13 heteroatoms. The van der Waals surface area contributed by atoms with Crippen molar-refractivity contribution in [2.24, 2.45) is 50.7 Å². The average Bonchev–Trinajstić information content (AvgIpc) is 3.66. The van der Waals surface area contributed by atoms with Crippen molar-refractivity contribution in [2.75, 3.05) is 13.2 Å². The van der Waals surface area contributed by atoms with Gasteiger partial charge in [-0.05, 0) is 122 Å². The summed E-state index contributed by atoms with van der Waals surface area (Å²) in [4.78, 5) is 0. The quantitative estimate of drug-likeness (QED) is 0.151. The van der Waals surface area contributed by atoms with Gasteiger partial charge in [-0.1, -0.05) is 34.6 Å². The molecule has 0 aromatic carbocycles. The van der Waals surface area contributed by atoms with Gasteiger partial charge in [0.05, 0.1) is 43.2 Å². The highest BCUT2D eigenvalue weighted by Crippen LogP contribution is 2.89. The Labute approximate surface area is 314 Å². The number of hydrogen-bond acceptors (Lipinski definition) is 13. The molecular weight excluding hydrogens is 688 g/mol. The summed E-state index contributed by atoms with van der Waals surface area (Å²) >= 11 is 0. The van der Waals surface area contributed by atoms with E-state index in [9.17, 15) is 46.0 Å². The standard InChI is InChI=1S/C40H68O13/c1-19(8-9-25(45)36(4,5)49)27-21(42)15-38(7)24-14-20(41)32-35(2,3)26(10-11-40(32)18-39(24,40)13-12-37(27,38)6)52-34-31(29(47)23(44)17-51-34)53-33-30(48)28(46)22(43)16-50-33/h19-34,41-49H,8-18H2,1-7H3/t19-,20+,21+,22+,23-,24+,25-,26+,27+,28+,29+,30-,31-,32+,33+,34+,37-,38+,39+,40-/m0/s1. The smallest absolute Gasteiger partial charge is 0.186 e. The number of rotatable bonds is 9. The first-order chi connectivity index (χ1) is 24.6. The fourth-order valence-electron chi connectivity index (χ4n) is 13.9. The molecule has 5 aliphatic carbocycles. The normalized spacial score (nSPS) is 54.6. The van der Waals surface area contributed by atoms with Gasteiger partial charge in [-0.3, -0.25) is 0 Å². The average molecular weight is 757 g/mol. The molecule has 9 N–H and O–H groups in total.